The lowest BCUT2D eigenvalue weighted by atomic mass is 10.4. The first-order valence-corrected chi connectivity index (χ1v) is 7.06. The lowest BCUT2D eigenvalue weighted by molar-refractivity contribution is 0.304. The summed E-state index contributed by atoms with van der Waals surface area (Å²) < 4.78 is 22.5. The molecule has 10 nitrogen and oxygen atoms in total. The molecule has 0 spiro atoms. The minimum atomic E-state index is -2.36. The second-order valence-corrected chi connectivity index (χ2v) is 5.61. The fraction of sp³-hybridized carbons (Fsp3) is 0.500. The van der Waals surface area contributed by atoms with Crippen LogP contribution in [0.25, 0.3) is 0 Å². The Hall–Kier alpha value is -2.01. The van der Waals surface area contributed by atoms with Gasteiger partial charge in [-0.3, -0.25) is 0 Å². The van der Waals surface area contributed by atoms with Crippen molar-refractivity contribution in [2.75, 3.05) is 31.7 Å². The van der Waals surface area contributed by atoms with Crippen molar-refractivity contribution in [2.24, 2.45) is 14.5 Å². The van der Waals surface area contributed by atoms with Gasteiger partial charge in [0.15, 0.2) is 5.69 Å². The molecule has 106 valence electrons. The number of rotatable bonds is 6. The van der Waals surface area contributed by atoms with E-state index >= 15 is 0 Å². The Balaban J connectivity index is 2.58. The van der Waals surface area contributed by atoms with E-state index in [0.29, 0.717) is 13.1 Å². The molecule has 3 N–H and O–H groups in total. The summed E-state index contributed by atoms with van der Waals surface area (Å²) in [7, 11) is -0.889. The molecule has 11 heteroatoms. The first-order chi connectivity index (χ1) is 9.04. The van der Waals surface area contributed by atoms with Gasteiger partial charge in [-0.1, -0.05) is 5.16 Å². The SMILES string of the molecule is C=N/C(=N/O)c1nonc1NCCNS(C)(=O)=NC. The summed E-state index contributed by atoms with van der Waals surface area (Å²) in [6, 6.07) is 0. The molecule has 0 aliphatic heterocycles. The van der Waals surface area contributed by atoms with E-state index in [4.69, 9.17) is 5.21 Å². The molecule has 0 saturated carbocycles. The maximum atomic E-state index is 11.6. The molecular formula is C8H15N7O3S. The number of hydrogen-bond donors (Lipinski definition) is 3. The summed E-state index contributed by atoms with van der Waals surface area (Å²) in [4.78, 5) is 3.46. The Labute approximate surface area is 110 Å². The number of oxime groups is 1. The van der Waals surface area contributed by atoms with Crippen LogP contribution in [0.4, 0.5) is 5.82 Å². The fourth-order valence-electron chi connectivity index (χ4n) is 1.09. The van der Waals surface area contributed by atoms with Gasteiger partial charge in [-0.05, 0) is 17.0 Å². The number of aliphatic imine (C=N–C) groups is 1. The van der Waals surface area contributed by atoms with E-state index in [1.165, 1.54) is 13.3 Å². The first kappa shape index (κ1) is 15.0. The molecule has 0 fully saturated rings. The Kier molecular flexibility index (Phi) is 5.38. The van der Waals surface area contributed by atoms with E-state index in [1.807, 2.05) is 0 Å². The van der Waals surface area contributed by atoms with Gasteiger partial charge in [0.1, 0.15) is 9.92 Å². The van der Waals surface area contributed by atoms with Gasteiger partial charge in [-0.25, -0.2) is 22.9 Å². The average Bonchev–Trinajstić information content (AvgIpc) is 2.85. The van der Waals surface area contributed by atoms with Gasteiger partial charge >= 0.3 is 0 Å². The molecule has 1 atom stereocenters. The van der Waals surface area contributed by atoms with Crippen LogP contribution in [-0.4, -0.2) is 58.7 Å². The predicted molar refractivity (Wildman–Crippen MR) is 71.1 cm³/mol. The molecule has 0 aromatic carbocycles. The number of aromatic nitrogens is 2. The van der Waals surface area contributed by atoms with E-state index < -0.39 is 9.92 Å². The Bertz CT molecular complexity index is 573. The number of anilines is 1. The van der Waals surface area contributed by atoms with Crippen LogP contribution in [0.3, 0.4) is 0 Å². The fourth-order valence-corrected chi connectivity index (χ4v) is 1.70. The minimum absolute atomic E-state index is 0.112. The zero-order chi connectivity index (χ0) is 14.3. The van der Waals surface area contributed by atoms with E-state index in [9.17, 15) is 4.21 Å². The van der Waals surface area contributed by atoms with Crippen LogP contribution < -0.4 is 10.0 Å². The van der Waals surface area contributed by atoms with E-state index in [2.05, 4.69) is 46.2 Å². The summed E-state index contributed by atoms with van der Waals surface area (Å²) in [5, 5.41) is 21.6. The third-order valence-corrected chi connectivity index (χ3v) is 3.52. The van der Waals surface area contributed by atoms with Crippen LogP contribution in [0.2, 0.25) is 0 Å². The summed E-state index contributed by atoms with van der Waals surface area (Å²) in [6.07, 6.45) is 1.49. The molecule has 1 heterocycles. The van der Waals surface area contributed by atoms with Crippen LogP contribution in [0.15, 0.2) is 19.1 Å². The van der Waals surface area contributed by atoms with Crippen LogP contribution in [0.5, 0.6) is 0 Å². The number of nitrogens with one attached hydrogen (secondary N) is 2. The molecule has 0 radical (unpaired) electrons. The van der Waals surface area contributed by atoms with Crippen molar-refractivity contribution in [3.63, 3.8) is 0 Å². The molecule has 0 aliphatic carbocycles. The molecule has 0 aliphatic rings. The van der Waals surface area contributed by atoms with Crippen LogP contribution in [-0.2, 0) is 9.92 Å². The zero-order valence-electron chi connectivity index (χ0n) is 10.5. The van der Waals surface area contributed by atoms with Crippen molar-refractivity contribution in [2.45, 2.75) is 0 Å². The molecule has 1 aromatic rings. The number of nitrogens with zero attached hydrogens (tertiary/aromatic N) is 5. The van der Waals surface area contributed by atoms with Crippen molar-refractivity contribution >= 4 is 28.3 Å². The zero-order valence-corrected chi connectivity index (χ0v) is 11.3. The molecule has 0 bridgehead atoms. The quantitative estimate of drug-likeness (QED) is 0.213. The second-order valence-electron chi connectivity index (χ2n) is 3.35. The van der Waals surface area contributed by atoms with Gasteiger partial charge in [0.25, 0.3) is 0 Å². The maximum absolute atomic E-state index is 11.6. The van der Waals surface area contributed by atoms with Crippen molar-refractivity contribution in [3.8, 4) is 0 Å². The van der Waals surface area contributed by atoms with Crippen LogP contribution in [0, 0.1) is 0 Å². The van der Waals surface area contributed by atoms with Crippen molar-refractivity contribution in [3.05, 3.63) is 5.69 Å². The van der Waals surface area contributed by atoms with Gasteiger partial charge in [-0.2, -0.15) is 0 Å². The second kappa shape index (κ2) is 6.80. The predicted octanol–water partition coefficient (Wildman–Crippen LogP) is -0.450. The highest BCUT2D eigenvalue weighted by atomic mass is 32.2. The lowest BCUT2D eigenvalue weighted by Crippen LogP contribution is -2.27. The van der Waals surface area contributed by atoms with Crippen molar-refractivity contribution in [1.29, 1.82) is 0 Å². The Morgan fingerprint density at radius 3 is 2.84 bits per heavy atom. The molecule has 0 saturated heterocycles. The van der Waals surface area contributed by atoms with Gasteiger partial charge < -0.3 is 10.5 Å². The number of amidine groups is 1. The topological polar surface area (TPSA) is 137 Å². The van der Waals surface area contributed by atoms with Crippen LogP contribution in [0.1, 0.15) is 5.69 Å². The molecule has 1 rings (SSSR count). The summed E-state index contributed by atoms with van der Waals surface area (Å²) in [5.41, 5.74) is 0.134. The van der Waals surface area contributed by atoms with Gasteiger partial charge in [-0.15, -0.1) is 0 Å². The van der Waals surface area contributed by atoms with Gasteiger partial charge in [0.05, 0.1) is 0 Å². The smallest absolute Gasteiger partial charge is 0.224 e. The summed E-state index contributed by atoms with van der Waals surface area (Å²) in [5.74, 6) is 0.137. The standard InChI is InChI=1S/C8H15N7O3S/c1-9-7(13-16)6-8(15-18-14-6)11-4-5-12-19(3,17)10-2/h16H,1,4-5H2,2-3H3,(H,11,15)(H,10,12,17)/b13-7+. The van der Waals surface area contributed by atoms with Gasteiger partial charge in [0.2, 0.25) is 11.7 Å². The highest BCUT2D eigenvalue weighted by Gasteiger charge is 2.15. The highest BCUT2D eigenvalue weighted by molar-refractivity contribution is 7.91. The normalized spacial score (nSPS) is 14.7. The summed E-state index contributed by atoms with van der Waals surface area (Å²) >= 11 is 0. The van der Waals surface area contributed by atoms with Gasteiger partial charge in [0, 0.05) is 26.4 Å². The van der Waals surface area contributed by atoms with Crippen molar-refractivity contribution < 1.29 is 14.0 Å². The highest BCUT2D eigenvalue weighted by Crippen LogP contribution is 2.10. The van der Waals surface area contributed by atoms with E-state index in [1.54, 1.807) is 0 Å². The largest absolute Gasteiger partial charge is 0.409 e. The summed E-state index contributed by atoms with van der Waals surface area (Å²) in [6.45, 7) is 4.00. The molecule has 0 amide bonds. The lowest BCUT2D eigenvalue weighted by Gasteiger charge is -2.06. The first-order valence-electron chi connectivity index (χ1n) is 5.14. The maximum Gasteiger partial charge on any atom is 0.224 e. The Morgan fingerprint density at radius 2 is 2.26 bits per heavy atom. The Morgan fingerprint density at radius 1 is 1.53 bits per heavy atom. The third-order valence-electron chi connectivity index (χ3n) is 2.08. The van der Waals surface area contributed by atoms with Crippen molar-refractivity contribution in [1.82, 2.24) is 15.0 Å². The molecule has 1 aromatic heterocycles. The van der Waals surface area contributed by atoms with Crippen LogP contribution >= 0.6 is 0 Å². The average molecular weight is 289 g/mol. The number of hydrogen-bond acceptors (Lipinski definition) is 8. The molecule has 19 heavy (non-hydrogen) atoms. The molecular weight excluding hydrogens is 274 g/mol. The van der Waals surface area contributed by atoms with E-state index in [0.717, 1.165) is 0 Å². The third kappa shape index (κ3) is 4.30. The monoisotopic (exact) mass is 289 g/mol. The van der Waals surface area contributed by atoms with E-state index in [-0.39, 0.29) is 17.3 Å². The molecule has 1 unspecified atom stereocenters. The minimum Gasteiger partial charge on any atom is -0.409 e.